The fraction of sp³-hybridized carbons (Fsp3) is 0.444. The lowest BCUT2D eigenvalue weighted by Crippen LogP contribution is -2.32. The molecule has 88 valence electrons. The van der Waals surface area contributed by atoms with E-state index < -0.39 is 12.0 Å². The number of nitrogens with zero attached hydrogens (tertiary/aromatic N) is 2. The molecular weight excluding hydrogens is 230 g/mol. The van der Waals surface area contributed by atoms with Crippen molar-refractivity contribution in [1.82, 2.24) is 9.55 Å². The molecule has 16 heavy (non-hydrogen) atoms. The Balaban J connectivity index is 2.88. The molecule has 0 fully saturated rings. The zero-order valence-corrected chi connectivity index (χ0v) is 9.82. The van der Waals surface area contributed by atoms with E-state index in [-0.39, 0.29) is 11.5 Å². The zero-order valence-electron chi connectivity index (χ0n) is 9.01. The first-order valence-corrected chi connectivity index (χ1v) is 5.40. The van der Waals surface area contributed by atoms with Crippen LogP contribution in [0.3, 0.4) is 0 Å². The monoisotopic (exact) mass is 243 g/mol. The van der Waals surface area contributed by atoms with E-state index in [1.165, 1.54) is 13.3 Å². The second-order valence-corrected chi connectivity index (χ2v) is 4.52. The molecule has 0 aliphatic heterocycles. The lowest BCUT2D eigenvalue weighted by atomic mass is 10.2. The zero-order chi connectivity index (χ0) is 12.3. The summed E-state index contributed by atoms with van der Waals surface area (Å²) in [6, 6.07) is -0.999. The summed E-state index contributed by atoms with van der Waals surface area (Å²) < 4.78 is 1.68. The third-order valence-electron chi connectivity index (χ3n) is 1.92. The van der Waals surface area contributed by atoms with Crippen LogP contribution in [0.2, 0.25) is 0 Å². The maximum Gasteiger partial charge on any atom is 0.320 e. The third kappa shape index (κ3) is 3.07. The third-order valence-corrected chi connectivity index (χ3v) is 2.93. The molecule has 0 spiro atoms. The molecule has 0 radical (unpaired) electrons. The Hall–Kier alpha value is -1.34. The van der Waals surface area contributed by atoms with Crippen molar-refractivity contribution in [3.05, 3.63) is 12.0 Å². The number of aryl methyl sites for hydroxylation is 1. The van der Waals surface area contributed by atoms with Crippen LogP contribution in [0.1, 0.15) is 12.6 Å². The number of aromatic nitrogens is 2. The van der Waals surface area contributed by atoms with Gasteiger partial charge in [0.25, 0.3) is 0 Å². The first-order chi connectivity index (χ1) is 7.41. The lowest BCUT2D eigenvalue weighted by molar-refractivity contribution is -0.138. The minimum Gasteiger partial charge on any atom is -0.480 e. The van der Waals surface area contributed by atoms with E-state index in [2.05, 4.69) is 4.98 Å². The second kappa shape index (κ2) is 5.13. The Bertz CT molecular complexity index is 416. The molecule has 1 rings (SSSR count). The van der Waals surface area contributed by atoms with Crippen molar-refractivity contribution in [3.63, 3.8) is 0 Å². The number of hydrogen-bond donors (Lipinski definition) is 2. The maximum atomic E-state index is 11.0. The number of aliphatic carboxylic acids is 1. The molecule has 0 amide bonds. The highest BCUT2D eigenvalue weighted by Crippen LogP contribution is 2.22. The van der Waals surface area contributed by atoms with Gasteiger partial charge >= 0.3 is 5.97 Å². The van der Waals surface area contributed by atoms with E-state index in [1.54, 1.807) is 11.6 Å². The molecule has 6 nitrogen and oxygen atoms in total. The average molecular weight is 243 g/mol. The summed E-state index contributed by atoms with van der Waals surface area (Å²) in [5.41, 5.74) is 5.95. The molecule has 0 aliphatic carbocycles. The van der Waals surface area contributed by atoms with E-state index in [1.807, 2.05) is 0 Å². The number of nitrogens with two attached hydrogens (primary N) is 1. The van der Waals surface area contributed by atoms with E-state index in [0.29, 0.717) is 10.7 Å². The van der Waals surface area contributed by atoms with Gasteiger partial charge in [-0.05, 0) is 11.8 Å². The minimum atomic E-state index is -1.08. The summed E-state index contributed by atoms with van der Waals surface area (Å²) in [7, 11) is 1.74. The number of carboxylic acid groups (broad SMARTS) is 1. The quantitative estimate of drug-likeness (QED) is 0.723. The molecule has 0 aromatic carbocycles. The maximum absolute atomic E-state index is 11.0. The first kappa shape index (κ1) is 12.7. The van der Waals surface area contributed by atoms with Crippen molar-refractivity contribution in [1.29, 1.82) is 0 Å². The van der Waals surface area contributed by atoms with Crippen molar-refractivity contribution in [2.75, 3.05) is 0 Å². The van der Waals surface area contributed by atoms with Gasteiger partial charge in [-0.3, -0.25) is 9.59 Å². The van der Waals surface area contributed by atoms with Gasteiger partial charge in [0.15, 0.2) is 5.12 Å². The van der Waals surface area contributed by atoms with Gasteiger partial charge in [0.05, 0.1) is 12.0 Å². The molecule has 0 saturated heterocycles. The highest BCUT2D eigenvalue weighted by Gasteiger charge is 2.18. The number of carbonyl (C=O) groups is 2. The molecule has 1 aromatic heterocycles. The normalized spacial score (nSPS) is 12.4. The Morgan fingerprint density at radius 2 is 2.31 bits per heavy atom. The lowest BCUT2D eigenvalue weighted by Gasteiger charge is -2.06. The van der Waals surface area contributed by atoms with Crippen molar-refractivity contribution >= 4 is 22.8 Å². The highest BCUT2D eigenvalue weighted by molar-refractivity contribution is 8.13. The number of carbonyl (C=O) groups excluding carboxylic acids is 1. The van der Waals surface area contributed by atoms with E-state index >= 15 is 0 Å². The summed E-state index contributed by atoms with van der Waals surface area (Å²) in [5, 5.41) is 9.26. The van der Waals surface area contributed by atoms with Crippen LogP contribution in [0.15, 0.2) is 11.4 Å². The van der Waals surface area contributed by atoms with Crippen LogP contribution >= 0.6 is 11.8 Å². The van der Waals surface area contributed by atoms with Crippen molar-refractivity contribution in [3.8, 4) is 0 Å². The van der Waals surface area contributed by atoms with E-state index in [4.69, 9.17) is 10.8 Å². The van der Waals surface area contributed by atoms with Gasteiger partial charge in [-0.1, -0.05) is 0 Å². The van der Waals surface area contributed by atoms with Gasteiger partial charge in [-0.25, -0.2) is 4.98 Å². The number of imidazole rings is 1. The van der Waals surface area contributed by atoms with Crippen LogP contribution in [0.5, 0.6) is 0 Å². The number of thioether (sulfide) groups is 1. The SMILES string of the molecule is CC(=O)Sc1c(C[C@H](N)C(=O)O)ncn1C. The van der Waals surface area contributed by atoms with Gasteiger partial charge in [0.2, 0.25) is 0 Å². The Labute approximate surface area is 96.8 Å². The first-order valence-electron chi connectivity index (χ1n) is 4.58. The van der Waals surface area contributed by atoms with Crippen molar-refractivity contribution < 1.29 is 14.7 Å². The van der Waals surface area contributed by atoms with Gasteiger partial charge in [0.1, 0.15) is 11.1 Å². The molecule has 0 unspecified atom stereocenters. The van der Waals surface area contributed by atoms with Crippen LogP contribution in [-0.4, -0.2) is 31.8 Å². The Morgan fingerprint density at radius 3 is 2.81 bits per heavy atom. The minimum absolute atomic E-state index is 0.0752. The second-order valence-electron chi connectivity index (χ2n) is 3.35. The van der Waals surface area contributed by atoms with E-state index in [0.717, 1.165) is 11.8 Å². The largest absolute Gasteiger partial charge is 0.480 e. The van der Waals surface area contributed by atoms with Crippen LogP contribution < -0.4 is 5.73 Å². The van der Waals surface area contributed by atoms with Crippen LogP contribution in [0.25, 0.3) is 0 Å². The predicted octanol–water partition coefficient (Wildman–Crippen LogP) is 0.0131. The van der Waals surface area contributed by atoms with Crippen molar-refractivity contribution in [2.24, 2.45) is 12.8 Å². The molecule has 1 heterocycles. The summed E-state index contributed by atoms with van der Waals surface area (Å²) in [4.78, 5) is 25.7. The van der Waals surface area contributed by atoms with Crippen LogP contribution in [-0.2, 0) is 23.1 Å². The smallest absolute Gasteiger partial charge is 0.320 e. The molecule has 3 N–H and O–H groups in total. The van der Waals surface area contributed by atoms with Crippen LogP contribution in [0.4, 0.5) is 0 Å². The molecule has 1 atom stereocenters. The number of hydrogen-bond acceptors (Lipinski definition) is 5. The van der Waals surface area contributed by atoms with Crippen LogP contribution in [0, 0.1) is 0 Å². The standard InChI is InChI=1S/C9H13N3O3S/c1-5(13)16-8-7(11-4-12(8)2)3-6(10)9(14)15/h4,6H,3,10H2,1-2H3,(H,14,15)/t6-/m0/s1. The van der Waals surface area contributed by atoms with Gasteiger partial charge in [-0.2, -0.15) is 0 Å². The topological polar surface area (TPSA) is 98.2 Å². The molecule has 0 saturated carbocycles. The molecular formula is C9H13N3O3S. The molecule has 0 bridgehead atoms. The fourth-order valence-electron chi connectivity index (χ4n) is 1.17. The summed E-state index contributed by atoms with van der Waals surface area (Å²) in [5.74, 6) is -1.08. The summed E-state index contributed by atoms with van der Waals surface area (Å²) in [6.07, 6.45) is 1.65. The Kier molecular flexibility index (Phi) is 4.08. The molecule has 7 heteroatoms. The Morgan fingerprint density at radius 1 is 1.69 bits per heavy atom. The molecule has 1 aromatic rings. The van der Waals surface area contributed by atoms with Crippen molar-refractivity contribution in [2.45, 2.75) is 24.4 Å². The van der Waals surface area contributed by atoms with E-state index in [9.17, 15) is 9.59 Å². The predicted molar refractivity (Wildman–Crippen MR) is 59.1 cm³/mol. The van der Waals surface area contributed by atoms with Gasteiger partial charge in [-0.15, -0.1) is 0 Å². The average Bonchev–Trinajstić information content (AvgIpc) is 2.49. The van der Waals surface area contributed by atoms with Gasteiger partial charge < -0.3 is 15.4 Å². The summed E-state index contributed by atoms with van der Waals surface area (Å²) in [6.45, 7) is 1.44. The molecule has 0 aliphatic rings. The summed E-state index contributed by atoms with van der Waals surface area (Å²) >= 11 is 1.03. The highest BCUT2D eigenvalue weighted by atomic mass is 32.2. The number of rotatable bonds is 4. The fourth-order valence-corrected chi connectivity index (χ4v) is 1.89. The number of carboxylic acids is 1. The van der Waals surface area contributed by atoms with Gasteiger partial charge in [0, 0.05) is 20.4 Å².